The van der Waals surface area contributed by atoms with Crippen molar-refractivity contribution in [3.05, 3.63) is 42.0 Å². The van der Waals surface area contributed by atoms with Crippen LogP contribution in [0.2, 0.25) is 0 Å². The van der Waals surface area contributed by atoms with Crippen molar-refractivity contribution >= 4 is 15.9 Å². The smallest absolute Gasteiger partial charge is 0.241 e. The molecule has 3 rings (SSSR count). The van der Waals surface area contributed by atoms with Gasteiger partial charge in [0.15, 0.2) is 0 Å². The minimum Gasteiger partial charge on any atom is -0.368 e. The summed E-state index contributed by atoms with van der Waals surface area (Å²) >= 11 is 0. The van der Waals surface area contributed by atoms with E-state index >= 15 is 0 Å². The van der Waals surface area contributed by atoms with E-state index < -0.39 is 27.3 Å². The maximum atomic E-state index is 14.5. The molecule has 1 aromatic heterocycles. The third-order valence-corrected chi connectivity index (χ3v) is 6.23. The number of hydrogen-bond donors (Lipinski definition) is 2. The van der Waals surface area contributed by atoms with Gasteiger partial charge in [0, 0.05) is 6.20 Å². The van der Waals surface area contributed by atoms with Gasteiger partial charge in [-0.2, -0.15) is 9.82 Å². The Morgan fingerprint density at radius 1 is 1.31 bits per heavy atom. The fourth-order valence-electron chi connectivity index (χ4n) is 3.26. The maximum absolute atomic E-state index is 14.5. The number of halogens is 1. The lowest BCUT2D eigenvalue weighted by Crippen LogP contribution is -2.58. The van der Waals surface area contributed by atoms with Gasteiger partial charge in [-0.1, -0.05) is 19.3 Å². The first kappa shape index (κ1) is 18.5. The van der Waals surface area contributed by atoms with Crippen LogP contribution >= 0.6 is 0 Å². The summed E-state index contributed by atoms with van der Waals surface area (Å²) in [5, 5.41) is 4.02. The molecule has 0 aliphatic heterocycles. The number of aromatic nitrogens is 2. The second kappa shape index (κ2) is 6.81. The first-order valence-corrected chi connectivity index (χ1v) is 9.87. The number of nitrogens with one attached hydrogen (secondary N) is 1. The molecule has 1 saturated carbocycles. The van der Waals surface area contributed by atoms with Crippen LogP contribution in [0.5, 0.6) is 0 Å². The minimum absolute atomic E-state index is 0.138. The van der Waals surface area contributed by atoms with Gasteiger partial charge in [0.25, 0.3) is 0 Å². The Bertz CT molecular complexity index is 933. The third kappa shape index (κ3) is 3.49. The van der Waals surface area contributed by atoms with Crippen molar-refractivity contribution in [1.29, 1.82) is 0 Å². The van der Waals surface area contributed by atoms with Gasteiger partial charge in [-0.25, -0.2) is 17.5 Å². The van der Waals surface area contributed by atoms with Crippen molar-refractivity contribution in [2.45, 2.75) is 49.5 Å². The van der Waals surface area contributed by atoms with E-state index in [1.54, 1.807) is 12.4 Å². The Hall–Kier alpha value is -2.26. The van der Waals surface area contributed by atoms with E-state index in [0.29, 0.717) is 25.7 Å². The lowest BCUT2D eigenvalue weighted by Gasteiger charge is -2.34. The minimum atomic E-state index is -4.10. The zero-order valence-corrected chi connectivity index (χ0v) is 15.2. The van der Waals surface area contributed by atoms with Crippen LogP contribution in [0.1, 0.15) is 37.7 Å². The highest BCUT2D eigenvalue weighted by molar-refractivity contribution is 7.89. The predicted molar refractivity (Wildman–Crippen MR) is 93.6 cm³/mol. The number of rotatable bonds is 5. The van der Waals surface area contributed by atoms with E-state index in [0.717, 1.165) is 18.1 Å². The van der Waals surface area contributed by atoms with Gasteiger partial charge >= 0.3 is 0 Å². The molecule has 1 fully saturated rings. The Kier molecular flexibility index (Phi) is 4.85. The van der Waals surface area contributed by atoms with Crippen molar-refractivity contribution < 1.29 is 17.6 Å². The average Bonchev–Trinajstić information content (AvgIpc) is 3.01. The highest BCUT2D eigenvalue weighted by atomic mass is 32.2. The second-order valence-electron chi connectivity index (χ2n) is 6.69. The second-order valence-corrected chi connectivity index (χ2v) is 8.37. The molecule has 1 aliphatic carbocycles. The Balaban J connectivity index is 1.92. The fourth-order valence-corrected chi connectivity index (χ4v) is 4.70. The molecular formula is C17H21FN4O3S. The van der Waals surface area contributed by atoms with Crippen LogP contribution in [0, 0.1) is 12.7 Å². The molecule has 0 radical (unpaired) electrons. The summed E-state index contributed by atoms with van der Waals surface area (Å²) in [4.78, 5) is 11.6. The van der Waals surface area contributed by atoms with Crippen molar-refractivity contribution in [2.75, 3.05) is 0 Å². The average molecular weight is 380 g/mol. The fraction of sp³-hybridized carbons (Fsp3) is 0.412. The number of nitrogens with zero attached hydrogens (tertiary/aromatic N) is 2. The lowest BCUT2D eigenvalue weighted by molar-refractivity contribution is -0.124. The van der Waals surface area contributed by atoms with Crippen molar-refractivity contribution in [3.63, 3.8) is 0 Å². The van der Waals surface area contributed by atoms with Gasteiger partial charge in [-0.05, 0) is 43.5 Å². The number of hydrogen-bond acceptors (Lipinski definition) is 4. The van der Waals surface area contributed by atoms with Crippen LogP contribution in [-0.2, 0) is 14.8 Å². The van der Waals surface area contributed by atoms with Crippen LogP contribution < -0.4 is 10.5 Å². The van der Waals surface area contributed by atoms with E-state index in [1.807, 2.05) is 6.92 Å². The summed E-state index contributed by atoms with van der Waals surface area (Å²) in [6, 6.07) is 3.55. The predicted octanol–water partition coefficient (Wildman–Crippen LogP) is 1.79. The number of benzene rings is 1. The summed E-state index contributed by atoms with van der Waals surface area (Å²) in [7, 11) is -4.10. The summed E-state index contributed by atoms with van der Waals surface area (Å²) < 4.78 is 43.6. The molecule has 1 amide bonds. The third-order valence-electron chi connectivity index (χ3n) is 4.70. The van der Waals surface area contributed by atoms with E-state index in [9.17, 15) is 17.6 Å². The first-order valence-electron chi connectivity index (χ1n) is 8.39. The summed E-state index contributed by atoms with van der Waals surface area (Å²) in [5.41, 5.74) is 5.14. The number of carbonyl (C=O) groups excluding carboxylic acids is 1. The number of nitrogens with two attached hydrogens (primary N) is 1. The number of sulfonamides is 1. The Morgan fingerprint density at radius 3 is 2.54 bits per heavy atom. The zero-order valence-electron chi connectivity index (χ0n) is 14.4. The summed E-state index contributed by atoms with van der Waals surface area (Å²) in [5.74, 6) is -1.43. The molecule has 140 valence electrons. The van der Waals surface area contributed by atoms with Gasteiger partial charge in [0.05, 0.1) is 11.1 Å². The molecule has 1 heterocycles. The number of carbonyl (C=O) groups is 1. The highest BCUT2D eigenvalue weighted by Gasteiger charge is 2.41. The molecule has 2 aromatic rings. The van der Waals surface area contributed by atoms with Crippen molar-refractivity contribution in [2.24, 2.45) is 5.73 Å². The largest absolute Gasteiger partial charge is 0.368 e. The Labute approximate surface area is 151 Å². The van der Waals surface area contributed by atoms with Crippen LogP contribution in [-0.4, -0.2) is 29.6 Å². The highest BCUT2D eigenvalue weighted by Crippen LogP contribution is 2.30. The van der Waals surface area contributed by atoms with Crippen LogP contribution in [0.3, 0.4) is 0 Å². The molecule has 7 nitrogen and oxygen atoms in total. The molecule has 9 heteroatoms. The van der Waals surface area contributed by atoms with E-state index in [2.05, 4.69) is 9.82 Å². The molecule has 3 N–H and O–H groups in total. The molecular weight excluding hydrogens is 359 g/mol. The molecule has 0 spiro atoms. The molecule has 0 saturated heterocycles. The standard InChI is InChI=1S/C17H21FN4O3S/c1-12-10-20-22(11-12)15-6-5-13(9-14(15)18)26(24,25)21-17(16(19)23)7-3-2-4-8-17/h5-6,9-11,21H,2-4,7-8H2,1H3,(H2,19,23). The van der Waals surface area contributed by atoms with Gasteiger partial charge in [-0.15, -0.1) is 0 Å². The number of amides is 1. The molecule has 26 heavy (non-hydrogen) atoms. The lowest BCUT2D eigenvalue weighted by atomic mass is 9.82. The van der Waals surface area contributed by atoms with Gasteiger partial charge in [0.1, 0.15) is 17.0 Å². The molecule has 1 aliphatic rings. The number of aryl methyl sites for hydroxylation is 1. The molecule has 0 unspecified atom stereocenters. The van der Waals surface area contributed by atoms with E-state index in [-0.39, 0.29) is 10.6 Å². The van der Waals surface area contributed by atoms with Crippen molar-refractivity contribution in [3.8, 4) is 5.69 Å². The topological polar surface area (TPSA) is 107 Å². The van der Waals surface area contributed by atoms with Gasteiger partial charge < -0.3 is 5.73 Å². The molecule has 0 atom stereocenters. The van der Waals surface area contributed by atoms with E-state index in [4.69, 9.17) is 5.73 Å². The molecule has 1 aromatic carbocycles. The van der Waals surface area contributed by atoms with Crippen LogP contribution in [0.25, 0.3) is 5.69 Å². The van der Waals surface area contributed by atoms with Crippen LogP contribution in [0.15, 0.2) is 35.5 Å². The van der Waals surface area contributed by atoms with Gasteiger partial charge in [-0.3, -0.25) is 4.79 Å². The van der Waals surface area contributed by atoms with E-state index in [1.165, 1.54) is 16.8 Å². The maximum Gasteiger partial charge on any atom is 0.241 e. The monoisotopic (exact) mass is 380 g/mol. The van der Waals surface area contributed by atoms with Crippen LogP contribution in [0.4, 0.5) is 4.39 Å². The molecule has 0 bridgehead atoms. The SMILES string of the molecule is Cc1cnn(-c2ccc(S(=O)(=O)NC3(C(N)=O)CCCCC3)cc2F)c1. The quantitative estimate of drug-likeness (QED) is 0.824. The van der Waals surface area contributed by atoms with Gasteiger partial charge in [0.2, 0.25) is 15.9 Å². The first-order chi connectivity index (χ1) is 12.2. The number of primary amides is 1. The van der Waals surface area contributed by atoms with Crippen molar-refractivity contribution in [1.82, 2.24) is 14.5 Å². The summed E-state index contributed by atoms with van der Waals surface area (Å²) in [6.07, 6.45) is 6.22. The zero-order chi connectivity index (χ0) is 18.9. The summed E-state index contributed by atoms with van der Waals surface area (Å²) in [6.45, 7) is 1.82. The Morgan fingerprint density at radius 2 is 2.00 bits per heavy atom. The normalized spacial score (nSPS) is 17.2.